The van der Waals surface area contributed by atoms with Crippen LogP contribution in [0.25, 0.3) is 0 Å². The highest BCUT2D eigenvalue weighted by molar-refractivity contribution is 7.12. The van der Waals surface area contributed by atoms with Crippen molar-refractivity contribution in [1.29, 1.82) is 0 Å². The third-order valence-corrected chi connectivity index (χ3v) is 5.47. The molecule has 24 heavy (non-hydrogen) atoms. The highest BCUT2D eigenvalue weighted by Gasteiger charge is 2.38. The molecule has 0 radical (unpaired) electrons. The van der Waals surface area contributed by atoms with Crippen LogP contribution < -0.4 is 5.32 Å². The van der Waals surface area contributed by atoms with Gasteiger partial charge in [0.2, 0.25) is 5.91 Å². The molecule has 0 aromatic carbocycles. The van der Waals surface area contributed by atoms with Crippen molar-refractivity contribution in [2.45, 2.75) is 25.2 Å². The van der Waals surface area contributed by atoms with E-state index in [9.17, 15) is 14.7 Å². The van der Waals surface area contributed by atoms with Crippen molar-refractivity contribution in [3.05, 3.63) is 22.4 Å². The van der Waals surface area contributed by atoms with Crippen LogP contribution in [0, 0.1) is 0 Å². The van der Waals surface area contributed by atoms with Gasteiger partial charge in [0.15, 0.2) is 0 Å². The zero-order chi connectivity index (χ0) is 17.1. The molecule has 132 valence electrons. The topological polar surface area (TPSA) is 82.1 Å². The monoisotopic (exact) mass is 353 g/mol. The van der Waals surface area contributed by atoms with Crippen molar-refractivity contribution in [3.8, 4) is 0 Å². The molecule has 0 spiro atoms. The maximum absolute atomic E-state index is 12.1. The predicted molar refractivity (Wildman–Crippen MR) is 90.0 cm³/mol. The number of hydrogen-bond donors (Lipinski definition) is 2. The quantitative estimate of drug-likeness (QED) is 0.781. The lowest BCUT2D eigenvalue weighted by Gasteiger charge is -2.35. The molecule has 2 N–H and O–H groups in total. The second kappa shape index (κ2) is 7.60. The molecule has 7 nitrogen and oxygen atoms in total. The minimum absolute atomic E-state index is 0.100. The van der Waals surface area contributed by atoms with E-state index in [1.54, 1.807) is 13.0 Å². The SMILES string of the molecule is CC(=O)N1CCN(C[C@@H]2OC[C@H](NC(=O)c3cccs3)[C@H]2O)CC1. The molecule has 2 aliphatic heterocycles. The summed E-state index contributed by atoms with van der Waals surface area (Å²) >= 11 is 1.37. The van der Waals surface area contributed by atoms with Crippen LogP contribution in [0.15, 0.2) is 17.5 Å². The summed E-state index contributed by atoms with van der Waals surface area (Å²) in [4.78, 5) is 28.1. The molecule has 1 aromatic rings. The van der Waals surface area contributed by atoms with E-state index in [4.69, 9.17) is 4.74 Å². The summed E-state index contributed by atoms with van der Waals surface area (Å²) in [6.07, 6.45) is -1.04. The number of rotatable bonds is 4. The number of thiophene rings is 1. The molecule has 3 heterocycles. The Morgan fingerprint density at radius 3 is 2.75 bits per heavy atom. The first-order chi connectivity index (χ1) is 11.5. The minimum Gasteiger partial charge on any atom is -0.388 e. The van der Waals surface area contributed by atoms with Gasteiger partial charge in [0.05, 0.1) is 23.6 Å². The van der Waals surface area contributed by atoms with Gasteiger partial charge in [-0.25, -0.2) is 0 Å². The van der Waals surface area contributed by atoms with E-state index < -0.39 is 6.10 Å². The van der Waals surface area contributed by atoms with Crippen molar-refractivity contribution >= 4 is 23.2 Å². The molecule has 2 amide bonds. The minimum atomic E-state index is -0.722. The number of carbonyl (C=O) groups excluding carboxylic acids is 2. The average molecular weight is 353 g/mol. The Kier molecular flexibility index (Phi) is 5.50. The van der Waals surface area contributed by atoms with Gasteiger partial charge < -0.3 is 20.1 Å². The third-order valence-electron chi connectivity index (χ3n) is 4.60. The Bertz CT molecular complexity index is 572. The van der Waals surface area contributed by atoms with Crippen molar-refractivity contribution < 1.29 is 19.4 Å². The Morgan fingerprint density at radius 1 is 1.38 bits per heavy atom. The molecule has 0 bridgehead atoms. The lowest BCUT2D eigenvalue weighted by molar-refractivity contribution is -0.130. The van der Waals surface area contributed by atoms with Gasteiger partial charge in [0, 0.05) is 39.6 Å². The van der Waals surface area contributed by atoms with E-state index >= 15 is 0 Å². The van der Waals surface area contributed by atoms with E-state index in [0.717, 1.165) is 13.1 Å². The Hall–Kier alpha value is -1.48. The maximum Gasteiger partial charge on any atom is 0.261 e. The fourth-order valence-corrected chi connectivity index (χ4v) is 3.75. The number of aliphatic hydroxyl groups excluding tert-OH is 1. The number of amides is 2. The smallest absolute Gasteiger partial charge is 0.261 e. The van der Waals surface area contributed by atoms with Crippen molar-refractivity contribution in [3.63, 3.8) is 0 Å². The van der Waals surface area contributed by atoms with Crippen molar-refractivity contribution in [1.82, 2.24) is 15.1 Å². The summed E-state index contributed by atoms with van der Waals surface area (Å²) in [5.74, 6) is -0.0727. The predicted octanol–water partition coefficient (Wildman–Crippen LogP) is -0.230. The van der Waals surface area contributed by atoms with Gasteiger partial charge in [-0.1, -0.05) is 6.07 Å². The molecule has 1 aromatic heterocycles. The summed E-state index contributed by atoms with van der Waals surface area (Å²) in [6.45, 7) is 5.47. The van der Waals surface area contributed by atoms with Crippen LogP contribution >= 0.6 is 11.3 Å². The maximum atomic E-state index is 12.1. The lowest BCUT2D eigenvalue weighted by atomic mass is 10.1. The molecular weight excluding hydrogens is 330 g/mol. The first kappa shape index (κ1) is 17.3. The van der Waals surface area contributed by atoms with Gasteiger partial charge in [0.25, 0.3) is 5.91 Å². The van der Waals surface area contributed by atoms with Gasteiger partial charge in [-0.15, -0.1) is 11.3 Å². The lowest BCUT2D eigenvalue weighted by Crippen LogP contribution is -2.52. The van der Waals surface area contributed by atoms with Crippen LogP contribution in [0.1, 0.15) is 16.6 Å². The molecule has 2 fully saturated rings. The van der Waals surface area contributed by atoms with Crippen LogP contribution in [-0.2, 0) is 9.53 Å². The largest absolute Gasteiger partial charge is 0.388 e. The second-order valence-corrected chi connectivity index (χ2v) is 7.17. The fraction of sp³-hybridized carbons (Fsp3) is 0.625. The van der Waals surface area contributed by atoms with Gasteiger partial charge in [0.1, 0.15) is 6.10 Å². The first-order valence-electron chi connectivity index (χ1n) is 8.16. The molecule has 3 rings (SSSR count). The summed E-state index contributed by atoms with van der Waals surface area (Å²) in [5.41, 5.74) is 0. The van der Waals surface area contributed by atoms with E-state index in [-0.39, 0.29) is 24.0 Å². The Balaban J connectivity index is 1.47. The van der Waals surface area contributed by atoms with E-state index in [0.29, 0.717) is 31.1 Å². The third kappa shape index (κ3) is 3.94. The fourth-order valence-electron chi connectivity index (χ4n) is 3.12. The van der Waals surface area contributed by atoms with Gasteiger partial charge in [-0.2, -0.15) is 0 Å². The second-order valence-electron chi connectivity index (χ2n) is 6.23. The zero-order valence-corrected chi connectivity index (χ0v) is 14.5. The number of ether oxygens (including phenoxy) is 1. The molecule has 0 aliphatic carbocycles. The van der Waals surface area contributed by atoms with Crippen LogP contribution in [0.3, 0.4) is 0 Å². The van der Waals surface area contributed by atoms with Gasteiger partial charge >= 0.3 is 0 Å². The highest BCUT2D eigenvalue weighted by atomic mass is 32.1. The Morgan fingerprint density at radius 2 is 2.12 bits per heavy atom. The number of piperazine rings is 1. The van der Waals surface area contributed by atoms with Gasteiger partial charge in [-0.3, -0.25) is 14.5 Å². The Labute approximate surface area is 145 Å². The van der Waals surface area contributed by atoms with Crippen molar-refractivity contribution in [2.75, 3.05) is 39.3 Å². The zero-order valence-electron chi connectivity index (χ0n) is 13.7. The van der Waals surface area contributed by atoms with Crippen LogP contribution in [0.2, 0.25) is 0 Å². The average Bonchev–Trinajstić information content (AvgIpc) is 3.21. The molecule has 3 atom stereocenters. The molecule has 0 unspecified atom stereocenters. The summed E-state index contributed by atoms with van der Waals surface area (Å²) in [5, 5.41) is 15.1. The molecule has 8 heteroatoms. The standard InChI is InChI=1S/C16H23N3O4S/c1-11(20)19-6-4-18(5-7-19)9-13-15(21)12(10-23-13)17-16(22)14-3-2-8-24-14/h2-3,8,12-13,15,21H,4-7,9-10H2,1H3,(H,17,22)/t12-,13-,15+/m0/s1. The summed E-state index contributed by atoms with van der Waals surface area (Å²) in [6, 6.07) is 3.20. The summed E-state index contributed by atoms with van der Waals surface area (Å²) in [7, 11) is 0. The number of carbonyl (C=O) groups is 2. The van der Waals surface area contributed by atoms with Crippen LogP contribution in [-0.4, -0.2) is 84.3 Å². The van der Waals surface area contributed by atoms with Crippen LogP contribution in [0.5, 0.6) is 0 Å². The number of aliphatic hydroxyl groups is 1. The molecule has 2 saturated heterocycles. The molecule has 2 aliphatic rings. The summed E-state index contributed by atoms with van der Waals surface area (Å²) < 4.78 is 5.69. The van der Waals surface area contributed by atoms with Crippen LogP contribution in [0.4, 0.5) is 0 Å². The number of nitrogens with one attached hydrogen (secondary N) is 1. The van der Waals surface area contributed by atoms with Crippen molar-refractivity contribution in [2.24, 2.45) is 0 Å². The normalized spacial score (nSPS) is 28.1. The first-order valence-corrected chi connectivity index (χ1v) is 9.04. The van der Waals surface area contributed by atoms with Gasteiger partial charge in [-0.05, 0) is 11.4 Å². The molecule has 0 saturated carbocycles. The molecular formula is C16H23N3O4S. The highest BCUT2D eigenvalue weighted by Crippen LogP contribution is 2.18. The van der Waals surface area contributed by atoms with E-state index in [1.807, 2.05) is 16.3 Å². The van der Waals surface area contributed by atoms with E-state index in [1.165, 1.54) is 11.3 Å². The van der Waals surface area contributed by atoms with E-state index in [2.05, 4.69) is 10.2 Å². The number of nitrogens with zero attached hydrogens (tertiary/aromatic N) is 2. The number of hydrogen-bond acceptors (Lipinski definition) is 6.